The lowest BCUT2D eigenvalue weighted by atomic mass is 9.91. The van der Waals surface area contributed by atoms with Crippen LogP contribution in [0, 0.1) is 0 Å². The topological polar surface area (TPSA) is 21.3 Å². The van der Waals surface area contributed by atoms with E-state index in [1.54, 1.807) is 10.4 Å². The highest BCUT2D eigenvalue weighted by Gasteiger charge is 2.28. The molecule has 100 valence electrons. The zero-order valence-electron chi connectivity index (χ0n) is 11.3. The van der Waals surface area contributed by atoms with Crippen molar-refractivity contribution in [2.24, 2.45) is 0 Å². The van der Waals surface area contributed by atoms with Gasteiger partial charge in [-0.3, -0.25) is 0 Å². The third kappa shape index (κ3) is 2.63. The number of fused-ring (bicyclic) bond motifs is 1. The molecular weight excluding hydrogens is 242 g/mol. The van der Waals surface area contributed by atoms with Gasteiger partial charge in [-0.25, -0.2) is 0 Å². The summed E-state index contributed by atoms with van der Waals surface area (Å²) >= 11 is 1.93. The molecule has 3 unspecified atom stereocenters. The number of ether oxygens (including phenoxy) is 1. The Morgan fingerprint density at radius 3 is 2.83 bits per heavy atom. The van der Waals surface area contributed by atoms with Crippen LogP contribution < -0.4 is 5.32 Å². The highest BCUT2D eigenvalue weighted by Crippen LogP contribution is 2.34. The maximum absolute atomic E-state index is 5.82. The minimum atomic E-state index is 0.400. The highest BCUT2D eigenvalue weighted by molar-refractivity contribution is 7.10. The summed E-state index contributed by atoms with van der Waals surface area (Å²) in [5.74, 6) is 0. The van der Waals surface area contributed by atoms with Crippen LogP contribution >= 0.6 is 11.3 Å². The molecule has 0 amide bonds. The average Bonchev–Trinajstić information content (AvgIpc) is 2.76. The first-order valence-corrected chi connectivity index (χ1v) is 8.08. The van der Waals surface area contributed by atoms with E-state index in [1.165, 1.54) is 19.3 Å². The second-order valence-corrected chi connectivity index (χ2v) is 6.84. The molecule has 0 aromatic carbocycles. The van der Waals surface area contributed by atoms with Crippen molar-refractivity contribution in [2.75, 3.05) is 0 Å². The van der Waals surface area contributed by atoms with Crippen LogP contribution in [-0.2, 0) is 11.2 Å². The fourth-order valence-electron chi connectivity index (χ4n) is 3.49. The minimum absolute atomic E-state index is 0.400. The lowest BCUT2D eigenvalue weighted by molar-refractivity contribution is -0.0438. The van der Waals surface area contributed by atoms with Gasteiger partial charge in [-0.15, -0.1) is 11.3 Å². The van der Waals surface area contributed by atoms with Crippen molar-refractivity contribution in [1.29, 1.82) is 0 Å². The van der Waals surface area contributed by atoms with Crippen LogP contribution in [-0.4, -0.2) is 18.2 Å². The molecule has 1 aromatic rings. The van der Waals surface area contributed by atoms with Crippen molar-refractivity contribution in [3.63, 3.8) is 0 Å². The van der Waals surface area contributed by atoms with Gasteiger partial charge in [-0.05, 0) is 63.0 Å². The SMILES string of the molecule is CC1CC(NC2CCCc3sccc32)CC(C)O1. The molecule has 0 spiro atoms. The van der Waals surface area contributed by atoms with Crippen LogP contribution in [0.2, 0.25) is 0 Å². The predicted octanol–water partition coefficient (Wildman–Crippen LogP) is 3.67. The summed E-state index contributed by atoms with van der Waals surface area (Å²) in [5, 5.41) is 6.14. The van der Waals surface area contributed by atoms with Gasteiger partial charge in [-0.2, -0.15) is 0 Å². The van der Waals surface area contributed by atoms with Crippen molar-refractivity contribution >= 4 is 11.3 Å². The molecule has 3 heteroatoms. The molecule has 2 aliphatic rings. The Bertz CT molecular complexity index is 393. The van der Waals surface area contributed by atoms with Crippen molar-refractivity contribution in [3.8, 4) is 0 Å². The highest BCUT2D eigenvalue weighted by atomic mass is 32.1. The van der Waals surface area contributed by atoms with Crippen LogP contribution in [0.4, 0.5) is 0 Å². The van der Waals surface area contributed by atoms with Crippen molar-refractivity contribution in [3.05, 3.63) is 21.9 Å². The average molecular weight is 265 g/mol. The fraction of sp³-hybridized carbons (Fsp3) is 0.733. The molecular formula is C15H23NOS. The first kappa shape index (κ1) is 12.6. The fourth-order valence-corrected chi connectivity index (χ4v) is 4.47. The number of hydrogen-bond acceptors (Lipinski definition) is 3. The Kier molecular flexibility index (Phi) is 3.73. The molecule has 2 nitrogen and oxygen atoms in total. The van der Waals surface area contributed by atoms with Crippen LogP contribution in [0.5, 0.6) is 0 Å². The summed E-state index contributed by atoms with van der Waals surface area (Å²) in [6.45, 7) is 4.39. The summed E-state index contributed by atoms with van der Waals surface area (Å²) < 4.78 is 5.82. The van der Waals surface area contributed by atoms with E-state index in [2.05, 4.69) is 30.6 Å². The molecule has 1 aliphatic carbocycles. The Hall–Kier alpha value is -0.380. The third-order valence-electron chi connectivity index (χ3n) is 4.19. The van der Waals surface area contributed by atoms with Gasteiger partial charge in [0.05, 0.1) is 12.2 Å². The van der Waals surface area contributed by atoms with Gasteiger partial charge < -0.3 is 10.1 Å². The smallest absolute Gasteiger partial charge is 0.0565 e. The van der Waals surface area contributed by atoms with Gasteiger partial charge in [0.2, 0.25) is 0 Å². The summed E-state index contributed by atoms with van der Waals surface area (Å²) in [6, 6.07) is 3.53. The van der Waals surface area contributed by atoms with E-state index < -0.39 is 0 Å². The molecule has 1 aromatic heterocycles. The van der Waals surface area contributed by atoms with E-state index in [4.69, 9.17) is 4.74 Å². The van der Waals surface area contributed by atoms with Gasteiger partial charge in [0, 0.05) is 17.0 Å². The summed E-state index contributed by atoms with van der Waals surface area (Å²) in [6.07, 6.45) is 7.02. The maximum atomic E-state index is 5.82. The molecule has 3 rings (SSSR count). The number of rotatable bonds is 2. The van der Waals surface area contributed by atoms with E-state index in [1.807, 2.05) is 11.3 Å². The molecule has 1 fully saturated rings. The zero-order valence-corrected chi connectivity index (χ0v) is 12.1. The lowest BCUT2D eigenvalue weighted by Gasteiger charge is -2.36. The van der Waals surface area contributed by atoms with Gasteiger partial charge in [0.25, 0.3) is 0 Å². The Labute approximate surface area is 114 Å². The second-order valence-electron chi connectivity index (χ2n) is 5.84. The molecule has 1 saturated heterocycles. The first-order valence-electron chi connectivity index (χ1n) is 7.20. The van der Waals surface area contributed by atoms with Gasteiger partial charge in [-0.1, -0.05) is 0 Å². The Balaban J connectivity index is 1.67. The van der Waals surface area contributed by atoms with Gasteiger partial charge in [0.1, 0.15) is 0 Å². The van der Waals surface area contributed by atoms with Crippen LogP contribution in [0.15, 0.2) is 11.4 Å². The Morgan fingerprint density at radius 2 is 2.06 bits per heavy atom. The molecule has 18 heavy (non-hydrogen) atoms. The number of aryl methyl sites for hydroxylation is 1. The number of hydrogen-bond donors (Lipinski definition) is 1. The van der Waals surface area contributed by atoms with E-state index in [0.717, 1.165) is 12.8 Å². The van der Waals surface area contributed by atoms with Crippen molar-refractivity contribution < 1.29 is 4.74 Å². The monoisotopic (exact) mass is 265 g/mol. The normalized spacial score (nSPS) is 36.3. The van der Waals surface area contributed by atoms with Gasteiger partial charge >= 0.3 is 0 Å². The standard InChI is InChI=1S/C15H23NOS/c1-10-8-12(9-11(2)17-10)16-14-4-3-5-15-13(14)6-7-18-15/h6-7,10-12,14,16H,3-5,8-9H2,1-2H3. The van der Waals surface area contributed by atoms with Crippen molar-refractivity contribution in [2.45, 2.75) is 70.2 Å². The lowest BCUT2D eigenvalue weighted by Crippen LogP contribution is -2.43. The molecule has 1 N–H and O–H groups in total. The predicted molar refractivity (Wildman–Crippen MR) is 76.2 cm³/mol. The minimum Gasteiger partial charge on any atom is -0.375 e. The largest absolute Gasteiger partial charge is 0.375 e. The van der Waals surface area contributed by atoms with Gasteiger partial charge in [0.15, 0.2) is 0 Å². The molecule has 3 atom stereocenters. The number of nitrogens with one attached hydrogen (secondary N) is 1. The van der Waals surface area contributed by atoms with Crippen LogP contribution in [0.1, 0.15) is 56.0 Å². The van der Waals surface area contributed by atoms with E-state index >= 15 is 0 Å². The Morgan fingerprint density at radius 1 is 1.28 bits per heavy atom. The first-order chi connectivity index (χ1) is 8.72. The molecule has 0 radical (unpaired) electrons. The summed E-state index contributed by atoms with van der Waals surface area (Å²) in [5.41, 5.74) is 1.57. The van der Waals surface area contributed by atoms with E-state index in [9.17, 15) is 0 Å². The maximum Gasteiger partial charge on any atom is 0.0565 e. The molecule has 1 aliphatic heterocycles. The molecule has 0 saturated carbocycles. The number of thiophene rings is 1. The quantitative estimate of drug-likeness (QED) is 0.881. The van der Waals surface area contributed by atoms with Crippen LogP contribution in [0.3, 0.4) is 0 Å². The van der Waals surface area contributed by atoms with Crippen molar-refractivity contribution in [1.82, 2.24) is 5.32 Å². The van der Waals surface area contributed by atoms with E-state index in [0.29, 0.717) is 24.3 Å². The molecule has 0 bridgehead atoms. The van der Waals surface area contributed by atoms with E-state index in [-0.39, 0.29) is 0 Å². The van der Waals surface area contributed by atoms with Crippen LogP contribution in [0.25, 0.3) is 0 Å². The summed E-state index contributed by atoms with van der Waals surface area (Å²) in [7, 11) is 0. The zero-order chi connectivity index (χ0) is 12.5. The third-order valence-corrected chi connectivity index (χ3v) is 5.18. The second kappa shape index (κ2) is 5.32. The molecule has 2 heterocycles. The summed E-state index contributed by atoms with van der Waals surface area (Å²) in [4.78, 5) is 1.60.